The number of rotatable bonds is 4. The molecule has 0 amide bonds. The Bertz CT molecular complexity index is 546. The van der Waals surface area contributed by atoms with E-state index < -0.39 is 5.97 Å². The van der Waals surface area contributed by atoms with E-state index in [1.807, 2.05) is 6.92 Å². The molecule has 2 rings (SSSR count). The molecule has 1 aliphatic rings. The van der Waals surface area contributed by atoms with E-state index >= 15 is 0 Å². The highest BCUT2D eigenvalue weighted by Gasteiger charge is 2.39. The minimum atomic E-state index is -0.466. The maximum Gasteiger partial charge on any atom is 0.360 e. The zero-order valence-electron chi connectivity index (χ0n) is 14.8. The molecule has 3 atom stereocenters. The molecule has 0 bridgehead atoms. The van der Waals surface area contributed by atoms with Crippen LogP contribution in [0.25, 0.3) is 0 Å². The molecule has 0 saturated carbocycles. The summed E-state index contributed by atoms with van der Waals surface area (Å²) in [6.07, 6.45) is 1.39. The van der Waals surface area contributed by atoms with Crippen LogP contribution in [-0.2, 0) is 14.2 Å². The van der Waals surface area contributed by atoms with Gasteiger partial charge in [0, 0.05) is 25.5 Å². The van der Waals surface area contributed by atoms with E-state index in [-0.39, 0.29) is 29.4 Å². The summed E-state index contributed by atoms with van der Waals surface area (Å²) in [5.74, 6) is 0.121. The van der Waals surface area contributed by atoms with Crippen molar-refractivity contribution in [3.8, 4) is 0 Å². The van der Waals surface area contributed by atoms with Gasteiger partial charge in [-0.2, -0.15) is 0 Å². The zero-order valence-corrected chi connectivity index (χ0v) is 14.8. The van der Waals surface area contributed by atoms with E-state index in [9.17, 15) is 4.79 Å². The fraction of sp³-hybridized carbons (Fsp3) is 0.765. The number of carbonyl (C=O) groups is 1. The molecule has 0 spiro atoms. The second kappa shape index (κ2) is 7.01. The van der Waals surface area contributed by atoms with Crippen LogP contribution in [0.15, 0.2) is 4.52 Å². The first-order chi connectivity index (χ1) is 10.8. The summed E-state index contributed by atoms with van der Waals surface area (Å²) < 4.78 is 22.2. The fourth-order valence-electron chi connectivity index (χ4n) is 2.84. The van der Waals surface area contributed by atoms with Crippen molar-refractivity contribution in [3.63, 3.8) is 0 Å². The normalized spacial score (nSPS) is 25.4. The Morgan fingerprint density at radius 2 is 2.04 bits per heavy atom. The molecule has 1 saturated heterocycles. The summed E-state index contributed by atoms with van der Waals surface area (Å²) in [6.45, 7) is 10.3. The quantitative estimate of drug-likeness (QED) is 0.790. The largest absolute Gasteiger partial charge is 0.461 e. The van der Waals surface area contributed by atoms with E-state index in [4.69, 9.17) is 18.7 Å². The van der Waals surface area contributed by atoms with Gasteiger partial charge >= 0.3 is 5.97 Å². The van der Waals surface area contributed by atoms with Gasteiger partial charge in [0.15, 0.2) is 11.5 Å². The molecule has 2 heterocycles. The van der Waals surface area contributed by atoms with Crippen molar-refractivity contribution in [1.29, 1.82) is 0 Å². The van der Waals surface area contributed by atoms with Crippen LogP contribution >= 0.6 is 0 Å². The molecule has 1 aromatic heterocycles. The molecular weight excluding hydrogens is 298 g/mol. The number of methoxy groups -OCH3 is 1. The maximum absolute atomic E-state index is 11.9. The minimum Gasteiger partial charge on any atom is -0.461 e. The van der Waals surface area contributed by atoms with Gasteiger partial charge in [0.2, 0.25) is 0 Å². The van der Waals surface area contributed by atoms with Crippen LogP contribution in [0, 0.1) is 12.3 Å². The van der Waals surface area contributed by atoms with E-state index in [0.29, 0.717) is 24.4 Å². The van der Waals surface area contributed by atoms with Gasteiger partial charge in [0.1, 0.15) is 6.10 Å². The van der Waals surface area contributed by atoms with Gasteiger partial charge in [-0.05, 0) is 19.3 Å². The molecule has 23 heavy (non-hydrogen) atoms. The number of carbonyl (C=O) groups excluding carboxylic acids is 1. The molecule has 1 aliphatic heterocycles. The van der Waals surface area contributed by atoms with Gasteiger partial charge in [-0.3, -0.25) is 0 Å². The van der Waals surface area contributed by atoms with Crippen LogP contribution in [-0.4, -0.2) is 37.1 Å². The molecule has 0 radical (unpaired) electrons. The Kier molecular flexibility index (Phi) is 5.47. The van der Waals surface area contributed by atoms with Gasteiger partial charge in [0.05, 0.1) is 18.8 Å². The van der Waals surface area contributed by atoms with Crippen LogP contribution in [0.2, 0.25) is 0 Å². The van der Waals surface area contributed by atoms with E-state index in [2.05, 4.69) is 25.9 Å². The highest BCUT2D eigenvalue weighted by molar-refractivity contribution is 5.88. The topological polar surface area (TPSA) is 70.8 Å². The molecular formula is C17H27NO5. The Hall–Kier alpha value is -1.40. The number of ether oxygens (including phenoxy) is 3. The fourth-order valence-corrected chi connectivity index (χ4v) is 2.84. The van der Waals surface area contributed by atoms with Crippen LogP contribution in [0.5, 0.6) is 0 Å². The summed E-state index contributed by atoms with van der Waals surface area (Å²) >= 11 is 0. The third-order valence-electron chi connectivity index (χ3n) is 4.30. The monoisotopic (exact) mass is 325 g/mol. The lowest BCUT2D eigenvalue weighted by molar-refractivity contribution is -0.150. The Morgan fingerprint density at radius 3 is 2.61 bits per heavy atom. The number of hydrogen-bond donors (Lipinski definition) is 0. The molecule has 6 heteroatoms. The summed E-state index contributed by atoms with van der Waals surface area (Å²) in [4.78, 5) is 11.9. The van der Waals surface area contributed by atoms with Crippen molar-refractivity contribution >= 4 is 5.97 Å². The van der Waals surface area contributed by atoms with Gasteiger partial charge < -0.3 is 18.7 Å². The van der Waals surface area contributed by atoms with Crippen molar-refractivity contribution in [1.82, 2.24) is 5.16 Å². The van der Waals surface area contributed by atoms with Gasteiger partial charge in [-0.1, -0.05) is 25.9 Å². The Balaban J connectivity index is 2.24. The Labute approximate surface area is 137 Å². The number of aromatic nitrogens is 1. The second-order valence-electron chi connectivity index (χ2n) is 7.05. The van der Waals surface area contributed by atoms with Crippen LogP contribution in [0.1, 0.15) is 68.5 Å². The summed E-state index contributed by atoms with van der Waals surface area (Å²) in [7, 11) is 1.71. The first-order valence-electron chi connectivity index (χ1n) is 8.09. The lowest BCUT2D eigenvalue weighted by atomic mass is 9.82. The molecule has 1 fully saturated rings. The first kappa shape index (κ1) is 17.9. The van der Waals surface area contributed by atoms with Gasteiger partial charge in [-0.25, -0.2) is 4.79 Å². The molecule has 0 aromatic carbocycles. The molecule has 130 valence electrons. The van der Waals surface area contributed by atoms with Gasteiger partial charge in [0.25, 0.3) is 0 Å². The average Bonchev–Trinajstić information content (AvgIpc) is 2.88. The van der Waals surface area contributed by atoms with E-state index in [0.717, 1.165) is 6.42 Å². The highest BCUT2D eigenvalue weighted by Crippen LogP contribution is 2.40. The van der Waals surface area contributed by atoms with E-state index in [1.54, 1.807) is 14.0 Å². The zero-order chi connectivity index (χ0) is 17.2. The number of esters is 1. The van der Waals surface area contributed by atoms with E-state index in [1.165, 1.54) is 0 Å². The SMILES string of the molecule is CCOC(=O)c1noc([C@@H]2C[C@H](OC)C[C@H](C(C)(C)C)O2)c1C. The van der Waals surface area contributed by atoms with Crippen LogP contribution < -0.4 is 0 Å². The first-order valence-corrected chi connectivity index (χ1v) is 8.09. The smallest absolute Gasteiger partial charge is 0.360 e. The molecule has 6 nitrogen and oxygen atoms in total. The predicted octanol–water partition coefficient (Wildman–Crippen LogP) is 3.44. The standard InChI is InChI=1S/C17H27NO5/c1-7-21-16(19)14-10(2)15(23-18-14)12-8-11(20-6)9-13(22-12)17(3,4)5/h11-13H,7-9H2,1-6H3/t11-,12-,13+/m0/s1. The van der Waals surface area contributed by atoms with Crippen molar-refractivity contribution in [3.05, 3.63) is 17.0 Å². The van der Waals surface area contributed by atoms with Crippen LogP contribution in [0.3, 0.4) is 0 Å². The maximum atomic E-state index is 11.9. The second-order valence-corrected chi connectivity index (χ2v) is 7.05. The highest BCUT2D eigenvalue weighted by atomic mass is 16.5. The number of hydrogen-bond acceptors (Lipinski definition) is 6. The summed E-state index contributed by atoms with van der Waals surface area (Å²) in [5.41, 5.74) is 0.892. The molecule has 1 aromatic rings. The Morgan fingerprint density at radius 1 is 1.35 bits per heavy atom. The summed E-state index contributed by atoms with van der Waals surface area (Å²) in [5, 5.41) is 3.88. The minimum absolute atomic E-state index is 0.00660. The van der Waals surface area contributed by atoms with Crippen molar-refractivity contribution < 1.29 is 23.5 Å². The average molecular weight is 325 g/mol. The van der Waals surface area contributed by atoms with Crippen LogP contribution in [0.4, 0.5) is 0 Å². The molecule has 0 aliphatic carbocycles. The summed E-state index contributed by atoms with van der Waals surface area (Å²) in [6, 6.07) is 0. The van der Waals surface area contributed by atoms with Crippen molar-refractivity contribution in [2.45, 2.75) is 65.8 Å². The van der Waals surface area contributed by atoms with Gasteiger partial charge in [-0.15, -0.1) is 0 Å². The third kappa shape index (κ3) is 3.93. The van der Waals surface area contributed by atoms with Crippen molar-refractivity contribution in [2.24, 2.45) is 5.41 Å². The third-order valence-corrected chi connectivity index (χ3v) is 4.30. The lowest BCUT2D eigenvalue weighted by Crippen LogP contribution is -2.40. The van der Waals surface area contributed by atoms with Crippen molar-refractivity contribution in [2.75, 3.05) is 13.7 Å². The number of nitrogens with zero attached hydrogens (tertiary/aromatic N) is 1. The molecule has 0 N–H and O–H groups in total. The lowest BCUT2D eigenvalue weighted by Gasteiger charge is -2.40. The molecule has 0 unspecified atom stereocenters. The predicted molar refractivity (Wildman–Crippen MR) is 84.3 cm³/mol.